The average molecular weight is 418 g/mol. The highest BCUT2D eigenvalue weighted by atomic mass is 32.1. The second-order valence-corrected chi connectivity index (χ2v) is 8.00. The molecule has 0 spiro atoms. The maximum atomic E-state index is 6.08. The van der Waals surface area contributed by atoms with E-state index in [1.807, 2.05) is 25.1 Å². The molecule has 0 amide bonds. The number of nitrogens with zero attached hydrogens (tertiary/aromatic N) is 1. The first kappa shape index (κ1) is 20.4. The van der Waals surface area contributed by atoms with E-state index in [1.54, 1.807) is 0 Å². The molecule has 4 rings (SSSR count). The third kappa shape index (κ3) is 4.65. The summed E-state index contributed by atoms with van der Waals surface area (Å²) in [6, 6.07) is 23.0. The molecule has 3 nitrogen and oxygen atoms in total. The van der Waals surface area contributed by atoms with Gasteiger partial charge in [0, 0.05) is 18.7 Å². The van der Waals surface area contributed by atoms with Crippen molar-refractivity contribution in [2.75, 3.05) is 13.2 Å². The van der Waals surface area contributed by atoms with Crippen LogP contribution in [0.4, 0.5) is 0 Å². The fraction of sp³-hybridized carbons (Fsp3) is 0.269. The summed E-state index contributed by atoms with van der Waals surface area (Å²) >= 11 is 5.84. The summed E-state index contributed by atoms with van der Waals surface area (Å²) < 4.78 is 12.0. The summed E-state index contributed by atoms with van der Waals surface area (Å²) in [6.07, 6.45) is 1.02. The van der Waals surface area contributed by atoms with Crippen LogP contribution < -0.4 is 9.47 Å². The molecule has 1 heterocycles. The van der Waals surface area contributed by atoms with Crippen LogP contribution in [-0.4, -0.2) is 23.0 Å². The van der Waals surface area contributed by atoms with Gasteiger partial charge in [0.25, 0.3) is 0 Å². The summed E-state index contributed by atoms with van der Waals surface area (Å²) in [6.45, 7) is 6.94. The Labute approximate surface area is 184 Å². The van der Waals surface area contributed by atoms with Gasteiger partial charge in [-0.2, -0.15) is 0 Å². The highest BCUT2D eigenvalue weighted by molar-refractivity contribution is 7.80. The van der Waals surface area contributed by atoms with E-state index in [1.165, 1.54) is 16.7 Å². The van der Waals surface area contributed by atoms with Gasteiger partial charge in [0.2, 0.25) is 0 Å². The summed E-state index contributed by atoms with van der Waals surface area (Å²) in [5.74, 6) is 1.48. The van der Waals surface area contributed by atoms with E-state index in [2.05, 4.69) is 60.4 Å². The van der Waals surface area contributed by atoms with E-state index in [4.69, 9.17) is 21.7 Å². The van der Waals surface area contributed by atoms with Crippen LogP contribution in [0, 0.1) is 6.92 Å². The van der Waals surface area contributed by atoms with Gasteiger partial charge in [-0.05, 0) is 55.2 Å². The van der Waals surface area contributed by atoms with Gasteiger partial charge in [0.05, 0.1) is 6.61 Å². The molecule has 3 aromatic carbocycles. The predicted molar refractivity (Wildman–Crippen MR) is 125 cm³/mol. The summed E-state index contributed by atoms with van der Waals surface area (Å²) in [5.41, 5.74) is 6.14. The topological polar surface area (TPSA) is 21.7 Å². The number of rotatable bonds is 6. The van der Waals surface area contributed by atoms with Crippen LogP contribution in [-0.2, 0) is 19.6 Å². The number of benzene rings is 3. The Hall–Kier alpha value is -2.85. The Morgan fingerprint density at radius 1 is 0.933 bits per heavy atom. The second-order valence-electron chi connectivity index (χ2n) is 7.62. The molecule has 1 aliphatic heterocycles. The lowest BCUT2D eigenvalue weighted by atomic mass is 9.99. The first-order chi connectivity index (χ1) is 14.6. The second kappa shape index (κ2) is 9.31. The maximum Gasteiger partial charge on any atom is 0.161 e. The Kier molecular flexibility index (Phi) is 6.34. The lowest BCUT2D eigenvalue weighted by molar-refractivity contribution is 0.269. The molecule has 0 aliphatic carbocycles. The minimum Gasteiger partial charge on any atom is -0.490 e. The molecule has 0 bridgehead atoms. The maximum absolute atomic E-state index is 6.08. The molecule has 0 unspecified atom stereocenters. The van der Waals surface area contributed by atoms with Gasteiger partial charge >= 0.3 is 0 Å². The Morgan fingerprint density at radius 3 is 2.57 bits per heavy atom. The number of hydrogen-bond acceptors (Lipinski definition) is 3. The molecule has 0 saturated heterocycles. The first-order valence-corrected chi connectivity index (χ1v) is 10.9. The van der Waals surface area contributed by atoms with Crippen LogP contribution in [0.15, 0.2) is 66.7 Å². The van der Waals surface area contributed by atoms with Crippen molar-refractivity contribution in [3.8, 4) is 11.5 Å². The molecule has 3 aromatic rings. The smallest absolute Gasteiger partial charge is 0.161 e. The molecule has 0 aromatic heterocycles. The average Bonchev–Trinajstić information content (AvgIpc) is 2.77. The zero-order valence-corrected chi connectivity index (χ0v) is 18.4. The zero-order valence-electron chi connectivity index (χ0n) is 17.6. The Balaban J connectivity index is 1.50. The van der Waals surface area contributed by atoms with Gasteiger partial charge in [-0.25, -0.2) is 0 Å². The van der Waals surface area contributed by atoms with Crippen molar-refractivity contribution in [1.82, 2.24) is 4.90 Å². The highest BCUT2D eigenvalue weighted by Crippen LogP contribution is 2.31. The van der Waals surface area contributed by atoms with E-state index in [0.29, 0.717) is 13.2 Å². The molecule has 0 atom stereocenters. The van der Waals surface area contributed by atoms with Crippen LogP contribution in [0.3, 0.4) is 0 Å². The predicted octanol–water partition coefficient (Wildman–Crippen LogP) is 5.71. The van der Waals surface area contributed by atoms with Crippen molar-refractivity contribution in [2.45, 2.75) is 33.4 Å². The number of ether oxygens (including phenoxy) is 2. The zero-order chi connectivity index (χ0) is 20.9. The van der Waals surface area contributed by atoms with Gasteiger partial charge in [-0.15, -0.1) is 0 Å². The summed E-state index contributed by atoms with van der Waals surface area (Å²) in [7, 11) is 0. The molecular formula is C26H27NO2S. The van der Waals surface area contributed by atoms with Crippen molar-refractivity contribution in [2.24, 2.45) is 0 Å². The van der Waals surface area contributed by atoms with E-state index < -0.39 is 0 Å². The van der Waals surface area contributed by atoms with Crippen molar-refractivity contribution < 1.29 is 9.47 Å². The van der Waals surface area contributed by atoms with Gasteiger partial charge in [-0.3, -0.25) is 0 Å². The van der Waals surface area contributed by atoms with Crippen LogP contribution in [0.5, 0.6) is 11.5 Å². The minimum absolute atomic E-state index is 0.508. The molecule has 0 saturated carbocycles. The standard InChI is InChI=1S/C26H27NO2S/c1-3-28-25-16-22(11-12-24(25)29-18-20-8-6-7-19(2)15-20)26(30)27-14-13-21-9-4-5-10-23(21)17-27/h4-12,15-16H,3,13-14,17-18H2,1-2H3. The normalized spacial score (nSPS) is 12.9. The Bertz CT molecular complexity index is 1050. The van der Waals surface area contributed by atoms with Crippen LogP contribution in [0.25, 0.3) is 0 Å². The molecule has 30 heavy (non-hydrogen) atoms. The fourth-order valence-corrected chi connectivity index (χ4v) is 4.13. The summed E-state index contributed by atoms with van der Waals surface area (Å²) in [5, 5.41) is 0. The number of hydrogen-bond donors (Lipinski definition) is 0. The molecule has 4 heteroatoms. The SMILES string of the molecule is CCOc1cc(C(=S)N2CCc3ccccc3C2)ccc1OCc1cccc(C)c1. The third-order valence-corrected chi connectivity index (χ3v) is 5.88. The van der Waals surface area contributed by atoms with E-state index in [0.717, 1.165) is 47.1 Å². The van der Waals surface area contributed by atoms with Crippen molar-refractivity contribution in [3.05, 3.63) is 94.5 Å². The molecule has 0 fully saturated rings. The van der Waals surface area contributed by atoms with Crippen LogP contribution in [0.2, 0.25) is 0 Å². The van der Waals surface area contributed by atoms with Gasteiger partial charge in [0.15, 0.2) is 11.5 Å². The van der Waals surface area contributed by atoms with Crippen molar-refractivity contribution >= 4 is 17.2 Å². The van der Waals surface area contributed by atoms with Gasteiger partial charge in [0.1, 0.15) is 11.6 Å². The molecule has 0 radical (unpaired) electrons. The quantitative estimate of drug-likeness (QED) is 0.479. The first-order valence-electron chi connectivity index (χ1n) is 10.5. The molecular weight excluding hydrogens is 390 g/mol. The molecule has 0 N–H and O–H groups in total. The van der Waals surface area contributed by atoms with Crippen molar-refractivity contribution in [1.29, 1.82) is 0 Å². The van der Waals surface area contributed by atoms with Gasteiger partial charge in [-0.1, -0.05) is 66.3 Å². The lowest BCUT2D eigenvalue weighted by Gasteiger charge is -2.31. The highest BCUT2D eigenvalue weighted by Gasteiger charge is 2.20. The van der Waals surface area contributed by atoms with Crippen molar-refractivity contribution in [3.63, 3.8) is 0 Å². The van der Waals surface area contributed by atoms with Crippen LogP contribution >= 0.6 is 12.2 Å². The van der Waals surface area contributed by atoms with E-state index in [-0.39, 0.29) is 0 Å². The largest absolute Gasteiger partial charge is 0.490 e. The van der Waals surface area contributed by atoms with Crippen LogP contribution in [0.1, 0.15) is 34.7 Å². The lowest BCUT2D eigenvalue weighted by Crippen LogP contribution is -2.35. The number of aryl methyl sites for hydroxylation is 1. The number of fused-ring (bicyclic) bond motifs is 1. The van der Waals surface area contributed by atoms with E-state index >= 15 is 0 Å². The monoisotopic (exact) mass is 417 g/mol. The van der Waals surface area contributed by atoms with Gasteiger partial charge < -0.3 is 14.4 Å². The third-order valence-electron chi connectivity index (χ3n) is 5.39. The molecule has 1 aliphatic rings. The fourth-order valence-electron chi connectivity index (χ4n) is 3.84. The Morgan fingerprint density at radius 2 is 1.77 bits per heavy atom. The molecule has 154 valence electrons. The minimum atomic E-state index is 0.508. The summed E-state index contributed by atoms with van der Waals surface area (Å²) in [4.78, 5) is 3.13. The van der Waals surface area contributed by atoms with E-state index in [9.17, 15) is 0 Å². The number of thiocarbonyl (C=S) groups is 1.